The van der Waals surface area contributed by atoms with E-state index in [0.717, 1.165) is 12.0 Å². The first-order valence-electron chi connectivity index (χ1n) is 10.0. The Bertz CT molecular complexity index is 874. The summed E-state index contributed by atoms with van der Waals surface area (Å²) in [5.41, 5.74) is 1.37. The lowest BCUT2D eigenvalue weighted by Gasteiger charge is -2.31. The second kappa shape index (κ2) is 11.3. The number of benzene rings is 2. The molecule has 0 bridgehead atoms. The molecular formula is C23H27Cl2FN2O2. The molecule has 2 aromatic rings. The third-order valence-electron chi connectivity index (χ3n) is 5.01. The van der Waals surface area contributed by atoms with Gasteiger partial charge in [-0.2, -0.15) is 0 Å². The van der Waals surface area contributed by atoms with Crippen LogP contribution in [0.15, 0.2) is 42.5 Å². The van der Waals surface area contributed by atoms with Crippen LogP contribution in [0.2, 0.25) is 10.0 Å². The van der Waals surface area contributed by atoms with Crippen molar-refractivity contribution < 1.29 is 14.0 Å². The number of carbonyl (C=O) groups excluding carboxylic acids is 2. The summed E-state index contributed by atoms with van der Waals surface area (Å²) in [6, 6.07) is 10.2. The average Bonchev–Trinajstić information content (AvgIpc) is 2.71. The van der Waals surface area contributed by atoms with Crippen LogP contribution >= 0.6 is 23.2 Å². The van der Waals surface area contributed by atoms with Crippen LogP contribution in [0.3, 0.4) is 0 Å². The largest absolute Gasteiger partial charge is 0.352 e. The van der Waals surface area contributed by atoms with Gasteiger partial charge < -0.3 is 10.2 Å². The molecule has 2 atom stereocenters. The van der Waals surface area contributed by atoms with E-state index in [1.54, 1.807) is 30.3 Å². The quantitative estimate of drug-likeness (QED) is 0.553. The van der Waals surface area contributed by atoms with Crippen LogP contribution in [0.5, 0.6) is 0 Å². The summed E-state index contributed by atoms with van der Waals surface area (Å²) in [5.74, 6) is -0.801. The van der Waals surface area contributed by atoms with Crippen molar-refractivity contribution in [2.75, 3.05) is 0 Å². The second-order valence-corrected chi connectivity index (χ2v) is 8.15. The van der Waals surface area contributed by atoms with Crippen molar-refractivity contribution in [1.29, 1.82) is 0 Å². The van der Waals surface area contributed by atoms with Gasteiger partial charge in [-0.3, -0.25) is 9.59 Å². The molecule has 30 heavy (non-hydrogen) atoms. The zero-order valence-electron chi connectivity index (χ0n) is 17.4. The predicted molar refractivity (Wildman–Crippen MR) is 119 cm³/mol. The van der Waals surface area contributed by atoms with Crippen LogP contribution < -0.4 is 5.32 Å². The Morgan fingerprint density at radius 1 is 1.07 bits per heavy atom. The Kier molecular flexibility index (Phi) is 9.12. The van der Waals surface area contributed by atoms with E-state index in [2.05, 4.69) is 5.32 Å². The minimum atomic E-state index is -0.650. The fraction of sp³-hybridized carbons (Fsp3) is 0.391. The Morgan fingerprint density at radius 2 is 1.73 bits per heavy atom. The first-order valence-corrected chi connectivity index (χ1v) is 10.8. The Labute approximate surface area is 187 Å². The maximum absolute atomic E-state index is 13.3. The predicted octanol–water partition coefficient (Wildman–Crippen LogP) is 5.40. The maximum Gasteiger partial charge on any atom is 0.243 e. The molecular weight excluding hydrogens is 426 g/mol. The van der Waals surface area contributed by atoms with E-state index >= 15 is 0 Å². The smallest absolute Gasteiger partial charge is 0.243 e. The first-order chi connectivity index (χ1) is 14.2. The summed E-state index contributed by atoms with van der Waals surface area (Å²) >= 11 is 12.2. The van der Waals surface area contributed by atoms with Crippen molar-refractivity contribution >= 4 is 35.0 Å². The fourth-order valence-electron chi connectivity index (χ4n) is 3.08. The molecule has 0 saturated carbocycles. The van der Waals surface area contributed by atoms with Crippen LogP contribution in [-0.2, 0) is 22.6 Å². The van der Waals surface area contributed by atoms with Gasteiger partial charge in [0.25, 0.3) is 0 Å². The van der Waals surface area contributed by atoms with Gasteiger partial charge in [0.1, 0.15) is 11.9 Å². The molecule has 2 aromatic carbocycles. The van der Waals surface area contributed by atoms with E-state index < -0.39 is 6.04 Å². The number of amides is 2. The topological polar surface area (TPSA) is 49.4 Å². The number of halogens is 3. The Hall–Kier alpha value is -2.11. The van der Waals surface area contributed by atoms with Gasteiger partial charge in [-0.1, -0.05) is 55.2 Å². The summed E-state index contributed by atoms with van der Waals surface area (Å²) in [6.45, 7) is 5.96. The molecule has 0 fully saturated rings. The van der Waals surface area contributed by atoms with Crippen LogP contribution in [0.4, 0.5) is 4.39 Å². The zero-order valence-corrected chi connectivity index (χ0v) is 18.9. The minimum Gasteiger partial charge on any atom is -0.352 e. The van der Waals surface area contributed by atoms with Gasteiger partial charge in [0, 0.05) is 22.6 Å². The second-order valence-electron chi connectivity index (χ2n) is 7.30. The molecule has 2 rings (SSSR count). The van der Waals surface area contributed by atoms with Crippen molar-refractivity contribution in [2.45, 2.75) is 58.7 Å². The molecule has 2 amide bonds. The van der Waals surface area contributed by atoms with Crippen molar-refractivity contribution in [3.05, 3.63) is 69.5 Å². The van der Waals surface area contributed by atoms with Gasteiger partial charge in [0.15, 0.2) is 0 Å². The van der Waals surface area contributed by atoms with Crippen molar-refractivity contribution in [1.82, 2.24) is 10.2 Å². The maximum atomic E-state index is 13.3. The van der Waals surface area contributed by atoms with E-state index in [9.17, 15) is 14.0 Å². The average molecular weight is 453 g/mol. The molecule has 0 spiro atoms. The van der Waals surface area contributed by atoms with Crippen LogP contribution in [0, 0.1) is 5.82 Å². The minimum absolute atomic E-state index is 0.0000304. The molecule has 0 radical (unpaired) electrons. The van der Waals surface area contributed by atoms with E-state index in [1.807, 2.05) is 20.8 Å². The number of hydrogen-bond donors (Lipinski definition) is 1. The van der Waals surface area contributed by atoms with E-state index in [-0.39, 0.29) is 36.6 Å². The van der Waals surface area contributed by atoms with Crippen LogP contribution in [-0.4, -0.2) is 28.8 Å². The highest BCUT2D eigenvalue weighted by molar-refractivity contribution is 6.35. The Morgan fingerprint density at radius 3 is 2.30 bits per heavy atom. The van der Waals surface area contributed by atoms with Gasteiger partial charge in [-0.05, 0) is 55.2 Å². The van der Waals surface area contributed by atoms with E-state index in [4.69, 9.17) is 23.2 Å². The molecule has 0 aliphatic heterocycles. The normalized spacial score (nSPS) is 12.9. The third kappa shape index (κ3) is 6.71. The molecule has 0 heterocycles. The van der Waals surface area contributed by atoms with Crippen molar-refractivity contribution in [3.8, 4) is 0 Å². The standard InChI is InChI=1S/C23H27Cl2FN2O2/c1-4-15(3)27-23(30)21(5-2)28(14-16-6-10-19(26)11-7-16)22(29)12-17-8-9-18(24)13-20(17)25/h6-11,13,15,21H,4-5,12,14H2,1-3H3,(H,27,30)/t15-,21-/m0/s1. The number of hydrogen-bond acceptors (Lipinski definition) is 2. The van der Waals surface area contributed by atoms with Gasteiger partial charge in [0.2, 0.25) is 11.8 Å². The van der Waals surface area contributed by atoms with E-state index in [1.165, 1.54) is 17.0 Å². The van der Waals surface area contributed by atoms with E-state index in [0.29, 0.717) is 22.0 Å². The zero-order chi connectivity index (χ0) is 22.3. The van der Waals surface area contributed by atoms with Gasteiger partial charge >= 0.3 is 0 Å². The molecule has 0 unspecified atom stereocenters. The van der Waals surface area contributed by atoms with Crippen molar-refractivity contribution in [2.24, 2.45) is 0 Å². The number of nitrogens with zero attached hydrogens (tertiary/aromatic N) is 1. The fourth-order valence-corrected chi connectivity index (χ4v) is 3.55. The number of nitrogens with one attached hydrogen (secondary N) is 1. The molecule has 4 nitrogen and oxygen atoms in total. The molecule has 0 saturated heterocycles. The highest BCUT2D eigenvalue weighted by Gasteiger charge is 2.29. The number of carbonyl (C=O) groups is 2. The van der Waals surface area contributed by atoms with Gasteiger partial charge in [-0.15, -0.1) is 0 Å². The van der Waals surface area contributed by atoms with Crippen molar-refractivity contribution in [3.63, 3.8) is 0 Å². The van der Waals surface area contributed by atoms with Crippen LogP contribution in [0.25, 0.3) is 0 Å². The SMILES string of the molecule is CC[C@H](C)NC(=O)[C@H](CC)N(Cc1ccc(F)cc1)C(=O)Cc1ccc(Cl)cc1Cl. The van der Waals surface area contributed by atoms with Gasteiger partial charge in [-0.25, -0.2) is 4.39 Å². The lowest BCUT2D eigenvalue weighted by Crippen LogP contribution is -2.51. The lowest BCUT2D eigenvalue weighted by atomic mass is 10.1. The summed E-state index contributed by atoms with van der Waals surface area (Å²) in [4.78, 5) is 27.7. The molecule has 7 heteroatoms. The summed E-state index contributed by atoms with van der Waals surface area (Å²) < 4.78 is 13.3. The lowest BCUT2D eigenvalue weighted by molar-refractivity contribution is -0.141. The monoisotopic (exact) mass is 452 g/mol. The molecule has 162 valence electrons. The highest BCUT2D eigenvalue weighted by atomic mass is 35.5. The summed E-state index contributed by atoms with van der Waals surface area (Å²) in [7, 11) is 0. The molecule has 0 aliphatic rings. The highest BCUT2D eigenvalue weighted by Crippen LogP contribution is 2.23. The Balaban J connectivity index is 2.31. The summed E-state index contributed by atoms with van der Waals surface area (Å²) in [6.07, 6.45) is 1.27. The van der Waals surface area contributed by atoms with Crippen LogP contribution in [0.1, 0.15) is 44.7 Å². The molecule has 1 N–H and O–H groups in total. The summed E-state index contributed by atoms with van der Waals surface area (Å²) in [5, 5.41) is 3.84. The number of rotatable bonds is 9. The third-order valence-corrected chi connectivity index (χ3v) is 5.60. The van der Waals surface area contributed by atoms with Gasteiger partial charge in [0.05, 0.1) is 6.42 Å². The molecule has 0 aliphatic carbocycles. The first kappa shape index (κ1) is 24.2. The molecule has 0 aromatic heterocycles.